The van der Waals surface area contributed by atoms with Crippen LogP contribution < -0.4 is 10.2 Å². The number of fused-ring (bicyclic) bond motifs is 1. The first-order valence-electron chi connectivity index (χ1n) is 11.7. The van der Waals surface area contributed by atoms with Gasteiger partial charge >= 0.3 is 0 Å². The number of carbonyl (C=O) groups excluding carboxylic acids is 1. The maximum Gasteiger partial charge on any atom is 0.229 e. The number of nitrogens with zero attached hydrogens (tertiary/aromatic N) is 5. The number of azo groups is 1. The standard InChI is InChI=1S/C26H30N6O/c1-5-26(17-9-7-10-18(13-17)32(6-2)24-27-11-8-12-28-24)19-16-29-31-23(19)30-20-14-25(3,4)15-21(33)22(20)26/h7-13,16,23,30H,5-6,14-15H2,1-4H3/t23?,26-/m0/s1. The van der Waals surface area contributed by atoms with Crippen molar-refractivity contribution in [3.63, 3.8) is 0 Å². The lowest BCUT2D eigenvalue weighted by molar-refractivity contribution is -0.119. The van der Waals surface area contributed by atoms with E-state index in [9.17, 15) is 4.79 Å². The van der Waals surface area contributed by atoms with Crippen molar-refractivity contribution in [2.45, 2.75) is 58.5 Å². The fraction of sp³-hybridized carbons (Fsp3) is 0.423. The number of allylic oxidation sites excluding steroid dienone is 2. The van der Waals surface area contributed by atoms with Gasteiger partial charge in [-0.2, -0.15) is 10.2 Å². The van der Waals surface area contributed by atoms with Crippen LogP contribution in [0, 0.1) is 5.41 Å². The molecule has 0 amide bonds. The summed E-state index contributed by atoms with van der Waals surface area (Å²) in [5.74, 6) is 0.873. The van der Waals surface area contributed by atoms with Gasteiger partial charge in [0.25, 0.3) is 0 Å². The number of rotatable bonds is 5. The Hall–Kier alpha value is -3.35. The van der Waals surface area contributed by atoms with Crippen molar-refractivity contribution in [1.29, 1.82) is 0 Å². The van der Waals surface area contributed by atoms with Gasteiger partial charge in [0, 0.05) is 47.9 Å². The van der Waals surface area contributed by atoms with Crippen LogP contribution in [0.15, 0.2) is 76.0 Å². The second-order valence-corrected chi connectivity index (χ2v) is 9.76. The quantitative estimate of drug-likeness (QED) is 0.688. The van der Waals surface area contributed by atoms with Crippen molar-refractivity contribution < 1.29 is 4.79 Å². The summed E-state index contributed by atoms with van der Waals surface area (Å²) in [6.45, 7) is 9.29. The minimum Gasteiger partial charge on any atom is -0.362 e. The summed E-state index contributed by atoms with van der Waals surface area (Å²) in [6, 6.07) is 10.3. The molecular formula is C26H30N6O. The molecule has 0 spiro atoms. The van der Waals surface area contributed by atoms with E-state index >= 15 is 0 Å². The minimum atomic E-state index is -0.560. The Kier molecular flexibility index (Phi) is 5.15. The molecule has 0 radical (unpaired) electrons. The van der Waals surface area contributed by atoms with Crippen LogP contribution in [0.1, 0.15) is 52.5 Å². The maximum absolute atomic E-state index is 13.7. The number of anilines is 2. The number of hydrogen-bond donors (Lipinski definition) is 1. The zero-order valence-corrected chi connectivity index (χ0v) is 19.7. The van der Waals surface area contributed by atoms with E-state index in [1.807, 2.05) is 12.3 Å². The van der Waals surface area contributed by atoms with Crippen molar-refractivity contribution in [2.24, 2.45) is 15.6 Å². The molecule has 7 heteroatoms. The maximum atomic E-state index is 13.7. The Morgan fingerprint density at radius 2 is 1.91 bits per heavy atom. The molecule has 0 saturated carbocycles. The molecule has 0 fully saturated rings. The van der Waals surface area contributed by atoms with Crippen LogP contribution in [0.5, 0.6) is 0 Å². The second kappa shape index (κ2) is 7.90. The third-order valence-corrected chi connectivity index (χ3v) is 7.07. The van der Waals surface area contributed by atoms with Crippen LogP contribution in [-0.2, 0) is 10.2 Å². The van der Waals surface area contributed by atoms with Crippen LogP contribution >= 0.6 is 0 Å². The fourth-order valence-electron chi connectivity index (χ4n) is 5.70. The molecule has 0 bridgehead atoms. The van der Waals surface area contributed by atoms with E-state index in [2.05, 4.69) is 82.4 Å². The summed E-state index contributed by atoms with van der Waals surface area (Å²) in [5, 5.41) is 12.3. The smallest absolute Gasteiger partial charge is 0.229 e. The molecule has 7 nitrogen and oxygen atoms in total. The normalized spacial score (nSPS) is 25.3. The molecular weight excluding hydrogens is 412 g/mol. The molecule has 3 aliphatic rings. The third-order valence-electron chi connectivity index (χ3n) is 7.07. The Balaban J connectivity index is 1.69. The molecule has 1 aromatic carbocycles. The van der Waals surface area contributed by atoms with E-state index in [1.54, 1.807) is 12.4 Å². The van der Waals surface area contributed by atoms with E-state index in [-0.39, 0.29) is 17.4 Å². The minimum absolute atomic E-state index is 0.0785. The molecule has 1 aliphatic carbocycles. The van der Waals surface area contributed by atoms with Gasteiger partial charge in [-0.05, 0) is 48.9 Å². The summed E-state index contributed by atoms with van der Waals surface area (Å²) in [6.07, 6.45) is 7.26. The fourth-order valence-corrected chi connectivity index (χ4v) is 5.70. The molecule has 2 atom stereocenters. The van der Waals surface area contributed by atoms with Gasteiger partial charge in [0.15, 0.2) is 11.9 Å². The molecule has 170 valence electrons. The molecule has 2 aliphatic heterocycles. The molecule has 1 unspecified atom stereocenters. The Morgan fingerprint density at radius 3 is 2.64 bits per heavy atom. The molecule has 1 aromatic heterocycles. The van der Waals surface area contributed by atoms with Crippen molar-refractivity contribution >= 4 is 17.4 Å². The zero-order chi connectivity index (χ0) is 23.2. The number of carbonyl (C=O) groups is 1. The lowest BCUT2D eigenvalue weighted by Crippen LogP contribution is -2.51. The van der Waals surface area contributed by atoms with Gasteiger partial charge in [-0.3, -0.25) is 4.79 Å². The number of nitrogens with one attached hydrogen (secondary N) is 1. The van der Waals surface area contributed by atoms with Crippen molar-refractivity contribution in [3.05, 3.63) is 71.3 Å². The van der Waals surface area contributed by atoms with Crippen LogP contribution in [0.3, 0.4) is 0 Å². The summed E-state index contributed by atoms with van der Waals surface area (Å²) in [5.41, 5.74) is 4.40. The van der Waals surface area contributed by atoms with E-state index in [0.29, 0.717) is 12.4 Å². The number of ketones is 1. The predicted octanol–water partition coefficient (Wildman–Crippen LogP) is 5.20. The van der Waals surface area contributed by atoms with Crippen LogP contribution in [0.25, 0.3) is 0 Å². The van der Waals surface area contributed by atoms with Gasteiger partial charge in [-0.1, -0.05) is 32.9 Å². The zero-order valence-electron chi connectivity index (χ0n) is 19.7. The van der Waals surface area contributed by atoms with Crippen LogP contribution in [0.2, 0.25) is 0 Å². The number of aromatic nitrogens is 2. The average Bonchev–Trinajstić information content (AvgIpc) is 3.27. The van der Waals surface area contributed by atoms with Gasteiger partial charge in [-0.25, -0.2) is 9.97 Å². The van der Waals surface area contributed by atoms with Gasteiger partial charge in [-0.15, -0.1) is 0 Å². The van der Waals surface area contributed by atoms with E-state index in [0.717, 1.165) is 47.5 Å². The van der Waals surface area contributed by atoms with E-state index < -0.39 is 5.41 Å². The lowest BCUT2D eigenvalue weighted by atomic mass is 9.59. The van der Waals surface area contributed by atoms with Gasteiger partial charge < -0.3 is 10.2 Å². The monoisotopic (exact) mass is 442 g/mol. The summed E-state index contributed by atoms with van der Waals surface area (Å²) in [4.78, 5) is 24.7. The average molecular weight is 443 g/mol. The number of hydrogen-bond acceptors (Lipinski definition) is 7. The number of Topliss-reactive ketones (excluding diaryl/α,β-unsaturated/α-hetero) is 1. The first kappa shape index (κ1) is 21.5. The highest BCUT2D eigenvalue weighted by Gasteiger charge is 2.53. The summed E-state index contributed by atoms with van der Waals surface area (Å²) < 4.78 is 0. The first-order chi connectivity index (χ1) is 15.9. The number of benzene rings is 1. The van der Waals surface area contributed by atoms with E-state index in [1.165, 1.54) is 0 Å². The van der Waals surface area contributed by atoms with Crippen molar-refractivity contribution in [1.82, 2.24) is 15.3 Å². The molecule has 5 rings (SSSR count). The second-order valence-electron chi connectivity index (χ2n) is 9.76. The molecule has 1 N–H and O–H groups in total. The molecule has 0 saturated heterocycles. The summed E-state index contributed by atoms with van der Waals surface area (Å²) >= 11 is 0. The van der Waals surface area contributed by atoms with Crippen LogP contribution in [0.4, 0.5) is 11.6 Å². The first-order valence-corrected chi connectivity index (χ1v) is 11.7. The van der Waals surface area contributed by atoms with Gasteiger partial charge in [0.1, 0.15) is 0 Å². The largest absolute Gasteiger partial charge is 0.362 e. The van der Waals surface area contributed by atoms with Crippen molar-refractivity contribution in [2.75, 3.05) is 11.4 Å². The third kappa shape index (κ3) is 3.37. The van der Waals surface area contributed by atoms with Crippen LogP contribution in [-0.4, -0.2) is 28.5 Å². The highest BCUT2D eigenvalue weighted by atomic mass is 16.1. The predicted molar refractivity (Wildman–Crippen MR) is 128 cm³/mol. The van der Waals surface area contributed by atoms with Gasteiger partial charge in [0.2, 0.25) is 5.95 Å². The summed E-state index contributed by atoms with van der Waals surface area (Å²) in [7, 11) is 0. The Morgan fingerprint density at radius 1 is 1.12 bits per heavy atom. The van der Waals surface area contributed by atoms with Gasteiger partial charge in [0.05, 0.1) is 11.6 Å². The Bertz CT molecular complexity index is 1180. The highest BCUT2D eigenvalue weighted by molar-refractivity contribution is 6.01. The topological polar surface area (TPSA) is 82.8 Å². The molecule has 33 heavy (non-hydrogen) atoms. The van der Waals surface area contributed by atoms with Crippen molar-refractivity contribution in [3.8, 4) is 0 Å². The highest BCUT2D eigenvalue weighted by Crippen LogP contribution is 2.54. The SMILES string of the molecule is CCN(c1cccc([C@@]2(CC)C3=CN=NC3NC3=C2C(=O)CC(C)(C)C3)c1)c1ncccn1. The Labute approximate surface area is 194 Å². The molecule has 2 aromatic rings. The molecule has 3 heterocycles. The lowest BCUT2D eigenvalue weighted by Gasteiger charge is -2.48. The van der Waals surface area contributed by atoms with E-state index in [4.69, 9.17) is 0 Å².